The second-order valence-electron chi connectivity index (χ2n) is 3.49. The SMILES string of the molecule is COC[C@@H]1CCCN1CC=CC(=O)O. The zero-order chi connectivity index (χ0) is 10.4. The van der Waals surface area contributed by atoms with Gasteiger partial charge in [0.2, 0.25) is 0 Å². The summed E-state index contributed by atoms with van der Waals surface area (Å²) in [4.78, 5) is 12.5. The Hall–Kier alpha value is -0.870. The smallest absolute Gasteiger partial charge is 0.328 e. The highest BCUT2D eigenvalue weighted by molar-refractivity contribution is 5.79. The third kappa shape index (κ3) is 3.47. The average Bonchev–Trinajstić information content (AvgIpc) is 2.53. The van der Waals surface area contributed by atoms with E-state index in [9.17, 15) is 4.79 Å². The quantitative estimate of drug-likeness (QED) is 0.663. The second kappa shape index (κ2) is 5.78. The molecule has 1 N–H and O–H groups in total. The van der Waals surface area contributed by atoms with E-state index in [2.05, 4.69) is 4.90 Å². The van der Waals surface area contributed by atoms with Crippen molar-refractivity contribution in [3.63, 3.8) is 0 Å². The Morgan fingerprint density at radius 2 is 2.50 bits per heavy atom. The molecule has 0 aromatic rings. The first-order chi connectivity index (χ1) is 6.74. The van der Waals surface area contributed by atoms with Crippen molar-refractivity contribution in [1.29, 1.82) is 0 Å². The molecule has 0 spiro atoms. The Morgan fingerprint density at radius 3 is 3.14 bits per heavy atom. The molecule has 0 radical (unpaired) electrons. The third-order valence-corrected chi connectivity index (χ3v) is 2.46. The molecule has 0 aromatic carbocycles. The number of carbonyl (C=O) groups is 1. The van der Waals surface area contributed by atoms with Gasteiger partial charge in [0.15, 0.2) is 0 Å². The van der Waals surface area contributed by atoms with E-state index in [1.807, 2.05) is 0 Å². The van der Waals surface area contributed by atoms with Gasteiger partial charge in [-0.05, 0) is 19.4 Å². The summed E-state index contributed by atoms with van der Waals surface area (Å²) in [6.45, 7) is 2.49. The standard InChI is InChI=1S/C10H17NO3/c1-14-8-9-4-2-6-11(9)7-3-5-10(12)13/h3,5,9H,2,4,6-8H2,1H3,(H,12,13)/t9-/m0/s1. The summed E-state index contributed by atoms with van der Waals surface area (Å²) >= 11 is 0. The van der Waals surface area contributed by atoms with Crippen LogP contribution < -0.4 is 0 Å². The molecule has 0 bridgehead atoms. The molecule has 1 heterocycles. The topological polar surface area (TPSA) is 49.8 Å². The molecule has 1 saturated heterocycles. The summed E-state index contributed by atoms with van der Waals surface area (Å²) in [6, 6.07) is 0.457. The maximum Gasteiger partial charge on any atom is 0.328 e. The fourth-order valence-corrected chi connectivity index (χ4v) is 1.81. The van der Waals surface area contributed by atoms with E-state index in [0.29, 0.717) is 12.6 Å². The summed E-state index contributed by atoms with van der Waals surface area (Å²) in [5.41, 5.74) is 0. The van der Waals surface area contributed by atoms with Crippen LogP contribution in [0.4, 0.5) is 0 Å². The van der Waals surface area contributed by atoms with Crippen LogP contribution in [-0.4, -0.2) is 48.8 Å². The number of ether oxygens (including phenoxy) is 1. The van der Waals surface area contributed by atoms with E-state index >= 15 is 0 Å². The van der Waals surface area contributed by atoms with Gasteiger partial charge in [0.25, 0.3) is 0 Å². The zero-order valence-corrected chi connectivity index (χ0v) is 8.48. The van der Waals surface area contributed by atoms with Gasteiger partial charge in [-0.1, -0.05) is 6.08 Å². The molecule has 1 rings (SSSR count). The molecule has 1 atom stereocenters. The number of carboxylic acid groups (broad SMARTS) is 1. The van der Waals surface area contributed by atoms with E-state index in [1.165, 1.54) is 12.5 Å². The summed E-state index contributed by atoms with van der Waals surface area (Å²) < 4.78 is 5.10. The van der Waals surface area contributed by atoms with Crippen LogP contribution in [0.2, 0.25) is 0 Å². The van der Waals surface area contributed by atoms with Gasteiger partial charge in [-0.15, -0.1) is 0 Å². The van der Waals surface area contributed by atoms with Crippen LogP contribution in [0.5, 0.6) is 0 Å². The molecule has 0 saturated carbocycles. The van der Waals surface area contributed by atoms with Crippen molar-refractivity contribution >= 4 is 5.97 Å². The number of methoxy groups -OCH3 is 1. The van der Waals surface area contributed by atoms with Gasteiger partial charge in [-0.3, -0.25) is 4.90 Å². The van der Waals surface area contributed by atoms with Gasteiger partial charge < -0.3 is 9.84 Å². The Kier molecular flexibility index (Phi) is 4.62. The van der Waals surface area contributed by atoms with E-state index in [-0.39, 0.29) is 0 Å². The number of hydrogen-bond donors (Lipinski definition) is 1. The minimum atomic E-state index is -0.882. The Balaban J connectivity index is 2.32. The summed E-state index contributed by atoms with van der Waals surface area (Å²) in [7, 11) is 1.70. The molecule has 14 heavy (non-hydrogen) atoms. The van der Waals surface area contributed by atoms with Crippen LogP contribution in [0.25, 0.3) is 0 Å². The maximum absolute atomic E-state index is 10.3. The van der Waals surface area contributed by atoms with E-state index < -0.39 is 5.97 Å². The third-order valence-electron chi connectivity index (χ3n) is 2.46. The van der Waals surface area contributed by atoms with Gasteiger partial charge >= 0.3 is 5.97 Å². The monoisotopic (exact) mass is 199 g/mol. The zero-order valence-electron chi connectivity index (χ0n) is 8.48. The Morgan fingerprint density at radius 1 is 1.71 bits per heavy atom. The molecule has 80 valence electrons. The lowest BCUT2D eigenvalue weighted by molar-refractivity contribution is -0.131. The molecule has 0 unspecified atom stereocenters. The lowest BCUT2D eigenvalue weighted by Crippen LogP contribution is -2.32. The fourth-order valence-electron chi connectivity index (χ4n) is 1.81. The molecular weight excluding hydrogens is 182 g/mol. The Bertz CT molecular complexity index is 215. The molecular formula is C10H17NO3. The van der Waals surface area contributed by atoms with Crippen LogP contribution >= 0.6 is 0 Å². The van der Waals surface area contributed by atoms with E-state index in [4.69, 9.17) is 9.84 Å². The molecule has 4 heteroatoms. The van der Waals surface area contributed by atoms with Gasteiger partial charge in [0, 0.05) is 25.8 Å². The van der Waals surface area contributed by atoms with Crippen LogP contribution in [0.1, 0.15) is 12.8 Å². The highest BCUT2D eigenvalue weighted by atomic mass is 16.5. The van der Waals surface area contributed by atoms with Crippen LogP contribution in [0.3, 0.4) is 0 Å². The van der Waals surface area contributed by atoms with Gasteiger partial charge in [0.1, 0.15) is 0 Å². The lowest BCUT2D eigenvalue weighted by Gasteiger charge is -2.21. The molecule has 4 nitrogen and oxygen atoms in total. The number of nitrogens with zero attached hydrogens (tertiary/aromatic N) is 1. The highest BCUT2D eigenvalue weighted by Crippen LogP contribution is 2.16. The van der Waals surface area contributed by atoms with Crippen molar-refractivity contribution in [3.8, 4) is 0 Å². The van der Waals surface area contributed by atoms with Crippen molar-refractivity contribution in [2.75, 3.05) is 26.8 Å². The summed E-state index contributed by atoms with van der Waals surface area (Å²) in [6.07, 6.45) is 5.21. The normalized spacial score (nSPS) is 23.4. The van der Waals surface area contributed by atoms with Crippen molar-refractivity contribution in [2.24, 2.45) is 0 Å². The molecule has 0 amide bonds. The van der Waals surface area contributed by atoms with Crippen molar-refractivity contribution < 1.29 is 14.6 Å². The summed E-state index contributed by atoms with van der Waals surface area (Å²) in [5.74, 6) is -0.882. The number of likely N-dealkylation sites (tertiary alicyclic amines) is 1. The molecule has 1 aliphatic rings. The number of carboxylic acids is 1. The van der Waals surface area contributed by atoms with E-state index in [1.54, 1.807) is 13.2 Å². The highest BCUT2D eigenvalue weighted by Gasteiger charge is 2.22. The first kappa shape index (κ1) is 11.2. The van der Waals surface area contributed by atoms with Crippen LogP contribution in [0.15, 0.2) is 12.2 Å². The second-order valence-corrected chi connectivity index (χ2v) is 3.49. The van der Waals surface area contributed by atoms with Crippen molar-refractivity contribution in [3.05, 3.63) is 12.2 Å². The first-order valence-corrected chi connectivity index (χ1v) is 4.86. The molecule has 1 aliphatic heterocycles. The van der Waals surface area contributed by atoms with Gasteiger partial charge in [0.05, 0.1) is 6.61 Å². The minimum Gasteiger partial charge on any atom is -0.478 e. The van der Waals surface area contributed by atoms with Crippen molar-refractivity contribution in [1.82, 2.24) is 4.90 Å². The Labute approximate surface area is 84.2 Å². The van der Waals surface area contributed by atoms with Crippen molar-refractivity contribution in [2.45, 2.75) is 18.9 Å². The van der Waals surface area contributed by atoms with Crippen LogP contribution in [-0.2, 0) is 9.53 Å². The molecule has 0 aliphatic carbocycles. The minimum absolute atomic E-state index is 0.457. The average molecular weight is 199 g/mol. The molecule has 0 aromatic heterocycles. The van der Waals surface area contributed by atoms with E-state index in [0.717, 1.165) is 19.6 Å². The molecule has 1 fully saturated rings. The number of aliphatic carboxylic acids is 1. The maximum atomic E-state index is 10.3. The number of rotatable bonds is 5. The van der Waals surface area contributed by atoms with Gasteiger partial charge in [-0.2, -0.15) is 0 Å². The first-order valence-electron chi connectivity index (χ1n) is 4.86. The van der Waals surface area contributed by atoms with Gasteiger partial charge in [-0.25, -0.2) is 4.79 Å². The predicted octanol–water partition coefficient (Wildman–Crippen LogP) is 0.738. The summed E-state index contributed by atoms with van der Waals surface area (Å²) in [5, 5.41) is 8.43. The predicted molar refractivity (Wildman–Crippen MR) is 53.2 cm³/mol. The number of hydrogen-bond acceptors (Lipinski definition) is 3. The largest absolute Gasteiger partial charge is 0.478 e. The van der Waals surface area contributed by atoms with Crippen LogP contribution in [0, 0.1) is 0 Å². The lowest BCUT2D eigenvalue weighted by atomic mass is 10.2. The fraction of sp³-hybridized carbons (Fsp3) is 0.700.